The van der Waals surface area contributed by atoms with Gasteiger partial charge in [0, 0.05) is 21.4 Å². The van der Waals surface area contributed by atoms with Gasteiger partial charge < -0.3 is 5.32 Å². The summed E-state index contributed by atoms with van der Waals surface area (Å²) in [6.45, 7) is 0. The first kappa shape index (κ1) is 23.0. The minimum atomic E-state index is -0.246. The molecule has 0 unspecified atom stereocenters. The molecule has 1 amide bonds. The molecule has 0 saturated carbocycles. The zero-order valence-corrected chi connectivity index (χ0v) is 20.5. The van der Waals surface area contributed by atoms with E-state index in [0.29, 0.717) is 11.0 Å². The summed E-state index contributed by atoms with van der Waals surface area (Å²) < 4.78 is 2.91. The molecule has 3 N–H and O–H groups in total. The molecule has 7 nitrogen and oxygen atoms in total. The lowest BCUT2D eigenvalue weighted by Crippen LogP contribution is -2.44. The normalized spacial score (nSPS) is 10.5. The van der Waals surface area contributed by atoms with E-state index in [-0.39, 0.29) is 16.8 Å². The number of hydrogen-bond donors (Lipinski definition) is 3. The summed E-state index contributed by atoms with van der Waals surface area (Å²) in [4.78, 5) is 12.4. The Morgan fingerprint density at radius 3 is 2.27 bits per heavy atom. The van der Waals surface area contributed by atoms with Gasteiger partial charge in [0.15, 0.2) is 16.1 Å². The summed E-state index contributed by atoms with van der Waals surface area (Å²) in [5, 5.41) is 12.6. The van der Waals surface area contributed by atoms with Crippen molar-refractivity contribution in [1.82, 2.24) is 25.6 Å². The fraction of sp³-hybridized carbons (Fsp3) is 0.0435. The second-order valence-electron chi connectivity index (χ2n) is 6.77. The summed E-state index contributed by atoms with van der Waals surface area (Å²) in [5.41, 5.74) is 7.98. The molecule has 0 aliphatic carbocycles. The molecule has 1 aromatic heterocycles. The number of hydrazine groups is 1. The summed E-state index contributed by atoms with van der Waals surface area (Å²) in [7, 11) is 0. The monoisotopic (exact) mass is 538 g/mol. The van der Waals surface area contributed by atoms with Crippen molar-refractivity contribution in [2.45, 2.75) is 5.16 Å². The van der Waals surface area contributed by atoms with Crippen LogP contribution in [-0.2, 0) is 4.79 Å². The summed E-state index contributed by atoms with van der Waals surface area (Å²) in [6, 6.07) is 27.2. The molecule has 166 valence electrons. The first-order valence-electron chi connectivity index (χ1n) is 9.90. The maximum Gasteiger partial charge on any atom is 0.248 e. The van der Waals surface area contributed by atoms with E-state index in [1.165, 1.54) is 11.8 Å². The van der Waals surface area contributed by atoms with Crippen LogP contribution in [0.4, 0.5) is 5.69 Å². The molecular formula is C23H19BrN6OS2. The van der Waals surface area contributed by atoms with Crippen molar-refractivity contribution in [3.8, 4) is 17.1 Å². The highest BCUT2D eigenvalue weighted by molar-refractivity contribution is 9.10. The third kappa shape index (κ3) is 6.19. The molecular weight excluding hydrogens is 520 g/mol. The van der Waals surface area contributed by atoms with E-state index < -0.39 is 0 Å². The zero-order valence-electron chi connectivity index (χ0n) is 17.2. The van der Waals surface area contributed by atoms with Crippen LogP contribution in [0.2, 0.25) is 0 Å². The largest absolute Gasteiger partial charge is 0.331 e. The minimum Gasteiger partial charge on any atom is -0.331 e. The highest BCUT2D eigenvalue weighted by Crippen LogP contribution is 2.27. The number of anilines is 1. The van der Waals surface area contributed by atoms with E-state index in [1.807, 2.05) is 89.5 Å². The second-order valence-corrected chi connectivity index (χ2v) is 9.03. The molecule has 10 heteroatoms. The van der Waals surface area contributed by atoms with Crippen LogP contribution in [0.15, 0.2) is 94.6 Å². The number of rotatable bonds is 6. The van der Waals surface area contributed by atoms with Gasteiger partial charge in [-0.05, 0) is 48.6 Å². The molecule has 0 aliphatic heterocycles. The number of nitrogens with zero attached hydrogens (tertiary/aromatic N) is 3. The molecule has 3 aromatic carbocycles. The van der Waals surface area contributed by atoms with Gasteiger partial charge in [-0.2, -0.15) is 0 Å². The van der Waals surface area contributed by atoms with Crippen LogP contribution in [-0.4, -0.2) is 31.5 Å². The van der Waals surface area contributed by atoms with E-state index in [2.05, 4.69) is 42.3 Å². The fourth-order valence-electron chi connectivity index (χ4n) is 2.94. The molecule has 4 rings (SSSR count). The van der Waals surface area contributed by atoms with E-state index in [1.54, 1.807) is 0 Å². The van der Waals surface area contributed by atoms with Crippen molar-refractivity contribution in [3.63, 3.8) is 0 Å². The van der Waals surface area contributed by atoms with Crippen molar-refractivity contribution in [2.24, 2.45) is 0 Å². The summed E-state index contributed by atoms with van der Waals surface area (Å²) in [6.07, 6.45) is 0. The van der Waals surface area contributed by atoms with Gasteiger partial charge in [-0.15, -0.1) is 10.2 Å². The number of hydrogen-bond acceptors (Lipinski definition) is 5. The standard InChI is InChI=1S/C23H19BrN6OS2/c24-17-11-13-18(14-12-17)25-22(32)28-26-20(31)15-33-23-29-27-21(16-7-3-1-4-8-16)30(23)19-9-5-2-6-10-19/h1-14H,15H2,(H,26,31)(H2,25,28,32). The number of thiocarbonyl (C=S) groups is 1. The lowest BCUT2D eigenvalue weighted by molar-refractivity contribution is -0.119. The number of nitrogens with one attached hydrogen (secondary N) is 3. The Labute approximate surface area is 209 Å². The third-order valence-corrected chi connectivity index (χ3v) is 6.09. The second kappa shape index (κ2) is 11.1. The smallest absolute Gasteiger partial charge is 0.248 e. The van der Waals surface area contributed by atoms with Gasteiger partial charge in [-0.25, -0.2) is 0 Å². The Balaban J connectivity index is 1.39. The molecule has 0 bridgehead atoms. The van der Waals surface area contributed by atoms with Crippen molar-refractivity contribution >= 4 is 56.6 Å². The number of halogens is 1. The van der Waals surface area contributed by atoms with Crippen molar-refractivity contribution in [3.05, 3.63) is 89.4 Å². The van der Waals surface area contributed by atoms with Crippen molar-refractivity contribution in [1.29, 1.82) is 0 Å². The zero-order chi connectivity index (χ0) is 23.0. The van der Waals surface area contributed by atoms with Gasteiger partial charge in [0.05, 0.1) is 5.75 Å². The van der Waals surface area contributed by atoms with Crippen LogP contribution in [0.3, 0.4) is 0 Å². The number of carbonyl (C=O) groups is 1. The van der Waals surface area contributed by atoms with Crippen LogP contribution >= 0.6 is 39.9 Å². The quantitative estimate of drug-likeness (QED) is 0.184. The highest BCUT2D eigenvalue weighted by Gasteiger charge is 2.17. The molecule has 0 atom stereocenters. The molecule has 0 saturated heterocycles. The topological polar surface area (TPSA) is 83.9 Å². The average molecular weight is 539 g/mol. The van der Waals surface area contributed by atoms with Gasteiger partial charge in [0.2, 0.25) is 5.91 Å². The Hall–Kier alpha value is -3.21. The molecule has 1 heterocycles. The molecule has 4 aromatic rings. The number of para-hydroxylation sites is 1. The van der Waals surface area contributed by atoms with E-state index in [4.69, 9.17) is 12.2 Å². The molecule has 33 heavy (non-hydrogen) atoms. The lowest BCUT2D eigenvalue weighted by Gasteiger charge is -2.12. The van der Waals surface area contributed by atoms with Crippen LogP contribution in [0.25, 0.3) is 17.1 Å². The summed E-state index contributed by atoms with van der Waals surface area (Å²) >= 11 is 9.90. The van der Waals surface area contributed by atoms with Gasteiger partial charge in [-0.1, -0.05) is 76.2 Å². The Kier molecular flexibility index (Phi) is 7.71. The maximum atomic E-state index is 12.4. The van der Waals surface area contributed by atoms with E-state index in [9.17, 15) is 4.79 Å². The van der Waals surface area contributed by atoms with Gasteiger partial charge in [0.1, 0.15) is 0 Å². The van der Waals surface area contributed by atoms with Crippen LogP contribution in [0, 0.1) is 0 Å². The van der Waals surface area contributed by atoms with Crippen LogP contribution in [0.5, 0.6) is 0 Å². The number of carbonyl (C=O) groups excluding carboxylic acids is 1. The fourth-order valence-corrected chi connectivity index (χ4v) is 4.12. The first-order chi connectivity index (χ1) is 16.1. The van der Waals surface area contributed by atoms with Crippen LogP contribution < -0.4 is 16.2 Å². The van der Waals surface area contributed by atoms with Gasteiger partial charge in [0.25, 0.3) is 0 Å². The molecule has 0 spiro atoms. The summed E-state index contributed by atoms with van der Waals surface area (Å²) in [5.74, 6) is 0.597. The Morgan fingerprint density at radius 2 is 1.58 bits per heavy atom. The minimum absolute atomic E-state index is 0.133. The molecule has 0 fully saturated rings. The average Bonchev–Trinajstić information content (AvgIpc) is 3.28. The van der Waals surface area contributed by atoms with Crippen LogP contribution in [0.1, 0.15) is 0 Å². The van der Waals surface area contributed by atoms with Crippen molar-refractivity contribution < 1.29 is 4.79 Å². The third-order valence-electron chi connectivity index (χ3n) is 4.43. The number of thioether (sulfide) groups is 1. The Bertz CT molecular complexity index is 1230. The highest BCUT2D eigenvalue weighted by atomic mass is 79.9. The Morgan fingerprint density at radius 1 is 0.909 bits per heavy atom. The first-order valence-corrected chi connectivity index (χ1v) is 12.1. The van der Waals surface area contributed by atoms with Gasteiger partial charge >= 0.3 is 0 Å². The van der Waals surface area contributed by atoms with E-state index in [0.717, 1.165) is 21.4 Å². The maximum absolute atomic E-state index is 12.4. The predicted octanol–water partition coefficient (Wildman–Crippen LogP) is 4.81. The van der Waals surface area contributed by atoms with Gasteiger partial charge in [-0.3, -0.25) is 20.2 Å². The number of amides is 1. The predicted molar refractivity (Wildman–Crippen MR) is 139 cm³/mol. The molecule has 0 aliphatic rings. The lowest BCUT2D eigenvalue weighted by atomic mass is 10.2. The number of aromatic nitrogens is 3. The van der Waals surface area contributed by atoms with Crippen molar-refractivity contribution in [2.75, 3.05) is 11.1 Å². The molecule has 0 radical (unpaired) electrons. The number of benzene rings is 3. The van der Waals surface area contributed by atoms with E-state index >= 15 is 0 Å². The SMILES string of the molecule is O=C(CSc1nnc(-c2ccccc2)n1-c1ccccc1)NNC(=S)Nc1ccc(Br)cc1.